The number of aromatic nitrogens is 1. The summed E-state index contributed by atoms with van der Waals surface area (Å²) in [4.78, 5) is 4.88. The van der Waals surface area contributed by atoms with Crippen LogP contribution in [0, 0.1) is 12.7 Å². The number of rotatable bonds is 5. The summed E-state index contributed by atoms with van der Waals surface area (Å²) in [6.45, 7) is 4.67. The summed E-state index contributed by atoms with van der Waals surface area (Å²) in [5.41, 5.74) is 5.49. The fourth-order valence-corrected chi connectivity index (χ4v) is 4.01. The third-order valence-electron chi connectivity index (χ3n) is 5.16. The molecule has 150 valence electrons. The van der Waals surface area contributed by atoms with E-state index < -0.39 is 5.82 Å². The van der Waals surface area contributed by atoms with Crippen molar-refractivity contribution in [3.8, 4) is 28.4 Å². The first-order valence-corrected chi connectivity index (χ1v) is 10.3. The predicted octanol–water partition coefficient (Wildman–Crippen LogP) is 6.92. The molecule has 0 bridgehead atoms. The van der Waals surface area contributed by atoms with E-state index in [0.29, 0.717) is 18.1 Å². The molecule has 0 spiro atoms. The zero-order valence-corrected chi connectivity index (χ0v) is 17.4. The number of pyridine rings is 1. The molecule has 0 atom stereocenters. The molecular formula is C24H23ClFNO2. The largest absolute Gasteiger partial charge is 0.493 e. The Hall–Kier alpha value is -2.59. The first kappa shape index (κ1) is 19.7. The summed E-state index contributed by atoms with van der Waals surface area (Å²) in [7, 11) is 0. The minimum absolute atomic E-state index is 0.0382. The first-order valence-electron chi connectivity index (χ1n) is 9.95. The molecule has 0 amide bonds. The lowest BCUT2D eigenvalue weighted by Gasteiger charge is -2.23. The molecule has 1 aromatic heterocycles. The van der Waals surface area contributed by atoms with Gasteiger partial charge in [-0.1, -0.05) is 23.7 Å². The summed E-state index contributed by atoms with van der Waals surface area (Å²) < 4.78 is 25.2. The molecule has 0 saturated carbocycles. The van der Waals surface area contributed by atoms with Crippen LogP contribution in [0.25, 0.3) is 11.1 Å². The smallest absolute Gasteiger partial charge is 0.142 e. The standard InChI is InChI=1S/C24H23ClFNO2/c1-3-28-24-19-6-4-5-7-22(19)27-15(2)23(24)16-8-10-17(11-9-16)29-18-12-13-21(26)20(25)14-18/h8-14H,3-7H2,1-2H3. The minimum atomic E-state index is -0.465. The lowest BCUT2D eigenvalue weighted by atomic mass is 9.91. The Labute approximate surface area is 175 Å². The van der Waals surface area contributed by atoms with Crippen molar-refractivity contribution < 1.29 is 13.9 Å². The molecule has 0 unspecified atom stereocenters. The second kappa shape index (κ2) is 8.42. The van der Waals surface area contributed by atoms with E-state index in [0.717, 1.165) is 35.4 Å². The van der Waals surface area contributed by atoms with Crippen LogP contribution in [0.2, 0.25) is 5.02 Å². The SMILES string of the molecule is CCOc1c2c(nc(C)c1-c1ccc(Oc3ccc(F)c(Cl)c3)cc1)CCCC2. The molecule has 0 saturated heterocycles. The summed E-state index contributed by atoms with van der Waals surface area (Å²) in [6.07, 6.45) is 4.38. The second-order valence-corrected chi connectivity index (χ2v) is 7.58. The van der Waals surface area contributed by atoms with Crippen LogP contribution in [0.3, 0.4) is 0 Å². The number of hydrogen-bond acceptors (Lipinski definition) is 3. The van der Waals surface area contributed by atoms with Gasteiger partial charge in [-0.3, -0.25) is 4.98 Å². The quantitative estimate of drug-likeness (QED) is 0.456. The highest BCUT2D eigenvalue weighted by molar-refractivity contribution is 6.30. The predicted molar refractivity (Wildman–Crippen MR) is 114 cm³/mol. The molecule has 1 heterocycles. The average molecular weight is 412 g/mol. The fourth-order valence-electron chi connectivity index (χ4n) is 3.84. The van der Waals surface area contributed by atoms with Crippen LogP contribution in [0.1, 0.15) is 36.7 Å². The molecule has 5 heteroatoms. The number of ether oxygens (including phenoxy) is 2. The Balaban J connectivity index is 1.67. The summed E-state index contributed by atoms with van der Waals surface area (Å²) in [6, 6.07) is 12.1. The van der Waals surface area contributed by atoms with Crippen LogP contribution in [0.5, 0.6) is 17.2 Å². The fraction of sp³-hybridized carbons (Fsp3) is 0.292. The molecule has 3 aromatic rings. The molecular weight excluding hydrogens is 389 g/mol. The van der Waals surface area contributed by atoms with Crippen molar-refractivity contribution >= 4 is 11.6 Å². The van der Waals surface area contributed by atoms with Gasteiger partial charge in [-0.15, -0.1) is 0 Å². The second-order valence-electron chi connectivity index (χ2n) is 7.17. The molecule has 29 heavy (non-hydrogen) atoms. The zero-order chi connectivity index (χ0) is 20.4. The molecule has 1 aliphatic carbocycles. The van der Waals surface area contributed by atoms with E-state index in [9.17, 15) is 4.39 Å². The number of benzene rings is 2. The Bertz CT molecular complexity index is 1030. The van der Waals surface area contributed by atoms with Gasteiger partial charge in [0, 0.05) is 28.6 Å². The average Bonchev–Trinajstić information content (AvgIpc) is 2.72. The highest BCUT2D eigenvalue weighted by atomic mass is 35.5. The van der Waals surface area contributed by atoms with Gasteiger partial charge < -0.3 is 9.47 Å². The van der Waals surface area contributed by atoms with Crippen LogP contribution in [-0.2, 0) is 12.8 Å². The third-order valence-corrected chi connectivity index (χ3v) is 5.45. The maximum Gasteiger partial charge on any atom is 0.142 e. The van der Waals surface area contributed by atoms with Crippen molar-refractivity contribution in [2.75, 3.05) is 6.61 Å². The Morgan fingerprint density at radius 3 is 2.48 bits per heavy atom. The number of aryl methyl sites for hydroxylation is 2. The van der Waals surface area contributed by atoms with Crippen LogP contribution in [0.15, 0.2) is 42.5 Å². The Kier molecular flexibility index (Phi) is 5.72. The van der Waals surface area contributed by atoms with Crippen molar-refractivity contribution in [3.63, 3.8) is 0 Å². The van der Waals surface area contributed by atoms with E-state index in [-0.39, 0.29) is 5.02 Å². The summed E-state index contributed by atoms with van der Waals surface area (Å²) >= 11 is 5.83. The number of halogens is 2. The Morgan fingerprint density at radius 1 is 1.03 bits per heavy atom. The normalized spacial score (nSPS) is 13.1. The molecule has 3 nitrogen and oxygen atoms in total. The number of nitrogens with zero attached hydrogens (tertiary/aromatic N) is 1. The van der Waals surface area contributed by atoms with Crippen molar-refractivity contribution in [1.29, 1.82) is 0 Å². The van der Waals surface area contributed by atoms with Crippen molar-refractivity contribution in [2.24, 2.45) is 0 Å². The molecule has 1 aliphatic rings. The minimum Gasteiger partial charge on any atom is -0.493 e. The highest BCUT2D eigenvalue weighted by Crippen LogP contribution is 2.40. The van der Waals surface area contributed by atoms with Gasteiger partial charge in [-0.2, -0.15) is 0 Å². The van der Waals surface area contributed by atoms with Gasteiger partial charge in [-0.05, 0) is 69.4 Å². The van der Waals surface area contributed by atoms with Crippen molar-refractivity contribution in [3.05, 3.63) is 70.3 Å². The van der Waals surface area contributed by atoms with E-state index in [1.54, 1.807) is 6.07 Å². The topological polar surface area (TPSA) is 31.4 Å². The zero-order valence-electron chi connectivity index (χ0n) is 16.6. The monoisotopic (exact) mass is 411 g/mol. The van der Waals surface area contributed by atoms with E-state index in [1.807, 2.05) is 38.1 Å². The first-order chi connectivity index (χ1) is 14.1. The van der Waals surface area contributed by atoms with E-state index >= 15 is 0 Å². The number of hydrogen-bond donors (Lipinski definition) is 0. The summed E-state index contributed by atoms with van der Waals surface area (Å²) in [5.74, 6) is 1.64. The molecule has 0 aliphatic heterocycles. The van der Waals surface area contributed by atoms with Gasteiger partial charge in [0.25, 0.3) is 0 Å². The third kappa shape index (κ3) is 4.08. The lowest BCUT2D eigenvalue weighted by molar-refractivity contribution is 0.335. The molecule has 0 radical (unpaired) electrons. The van der Waals surface area contributed by atoms with Gasteiger partial charge in [0.1, 0.15) is 23.1 Å². The van der Waals surface area contributed by atoms with Crippen LogP contribution >= 0.6 is 11.6 Å². The molecule has 0 N–H and O–H groups in total. The van der Waals surface area contributed by atoms with Crippen LogP contribution in [-0.4, -0.2) is 11.6 Å². The van der Waals surface area contributed by atoms with Gasteiger partial charge in [0.2, 0.25) is 0 Å². The van der Waals surface area contributed by atoms with Crippen LogP contribution < -0.4 is 9.47 Å². The van der Waals surface area contributed by atoms with Crippen molar-refractivity contribution in [2.45, 2.75) is 39.5 Å². The lowest BCUT2D eigenvalue weighted by Crippen LogP contribution is -2.11. The number of fused-ring (bicyclic) bond motifs is 1. The van der Waals surface area contributed by atoms with Crippen LogP contribution in [0.4, 0.5) is 4.39 Å². The maximum atomic E-state index is 13.3. The van der Waals surface area contributed by atoms with Gasteiger partial charge in [0.15, 0.2) is 0 Å². The van der Waals surface area contributed by atoms with Gasteiger partial charge in [0.05, 0.1) is 11.6 Å². The van der Waals surface area contributed by atoms with Gasteiger partial charge >= 0.3 is 0 Å². The molecule has 4 rings (SSSR count). The van der Waals surface area contributed by atoms with E-state index in [4.69, 9.17) is 26.1 Å². The van der Waals surface area contributed by atoms with Crippen molar-refractivity contribution in [1.82, 2.24) is 4.98 Å². The highest BCUT2D eigenvalue weighted by Gasteiger charge is 2.22. The Morgan fingerprint density at radius 2 is 1.76 bits per heavy atom. The summed E-state index contributed by atoms with van der Waals surface area (Å²) in [5, 5.41) is 0.0382. The maximum absolute atomic E-state index is 13.3. The van der Waals surface area contributed by atoms with E-state index in [1.165, 1.54) is 36.2 Å². The molecule has 0 fully saturated rings. The van der Waals surface area contributed by atoms with E-state index in [2.05, 4.69) is 0 Å². The van der Waals surface area contributed by atoms with Gasteiger partial charge in [-0.25, -0.2) is 4.39 Å². The molecule has 2 aromatic carbocycles.